The van der Waals surface area contributed by atoms with Gasteiger partial charge in [0.2, 0.25) is 5.91 Å². The van der Waals surface area contributed by atoms with E-state index in [0.29, 0.717) is 6.54 Å². The van der Waals surface area contributed by atoms with E-state index in [2.05, 4.69) is 10.2 Å². The largest absolute Gasteiger partial charge is 0.351 e. The fourth-order valence-electron chi connectivity index (χ4n) is 1.64. The number of hydrogen-bond donors (Lipinski definition) is 2. The Morgan fingerprint density at radius 3 is 2.92 bits per heavy atom. The third-order valence-corrected chi connectivity index (χ3v) is 2.27. The normalized spacial score (nSPS) is 31.8. The molecule has 0 aromatic rings. The molecule has 1 saturated heterocycles. The lowest BCUT2D eigenvalue weighted by Crippen LogP contribution is -2.61. The highest BCUT2D eigenvalue weighted by Crippen LogP contribution is 2.06. The van der Waals surface area contributed by atoms with Crippen LogP contribution in [0.4, 0.5) is 0 Å². The third kappa shape index (κ3) is 1.76. The van der Waals surface area contributed by atoms with Crippen LogP contribution in [-0.4, -0.2) is 42.5 Å². The number of piperazine rings is 1. The van der Waals surface area contributed by atoms with E-state index >= 15 is 0 Å². The number of carbonyl (C=O) groups excluding carboxylic acids is 1. The van der Waals surface area contributed by atoms with Gasteiger partial charge in [-0.2, -0.15) is 0 Å². The maximum absolute atomic E-state index is 11.4. The van der Waals surface area contributed by atoms with Crippen LogP contribution in [0.1, 0.15) is 13.8 Å². The van der Waals surface area contributed by atoms with Crippen LogP contribution in [0.3, 0.4) is 0 Å². The van der Waals surface area contributed by atoms with Crippen LogP contribution in [0.15, 0.2) is 0 Å². The van der Waals surface area contributed by atoms with Crippen molar-refractivity contribution in [3.63, 3.8) is 0 Å². The molecule has 0 bridgehead atoms. The van der Waals surface area contributed by atoms with E-state index in [9.17, 15) is 4.79 Å². The maximum Gasteiger partial charge on any atom is 0.238 e. The first-order chi connectivity index (χ1) is 5.69. The van der Waals surface area contributed by atoms with Gasteiger partial charge in [0.05, 0.1) is 0 Å². The van der Waals surface area contributed by atoms with Gasteiger partial charge in [0, 0.05) is 19.1 Å². The van der Waals surface area contributed by atoms with E-state index in [1.165, 1.54) is 0 Å². The van der Waals surface area contributed by atoms with Gasteiger partial charge in [0.15, 0.2) is 0 Å². The van der Waals surface area contributed by atoms with Crippen molar-refractivity contribution in [1.82, 2.24) is 10.2 Å². The van der Waals surface area contributed by atoms with E-state index < -0.39 is 0 Å². The Hall–Kier alpha value is -0.610. The Morgan fingerprint density at radius 1 is 1.75 bits per heavy atom. The van der Waals surface area contributed by atoms with Gasteiger partial charge in [-0.15, -0.1) is 0 Å². The molecule has 1 aliphatic heterocycles. The molecule has 1 amide bonds. The molecular weight excluding hydrogens is 154 g/mol. The highest BCUT2D eigenvalue weighted by atomic mass is 16.2. The van der Waals surface area contributed by atoms with Crippen molar-refractivity contribution in [2.75, 3.05) is 19.6 Å². The number of hydrogen-bond acceptors (Lipinski definition) is 3. The monoisotopic (exact) mass is 171 g/mol. The molecule has 1 fully saturated rings. The van der Waals surface area contributed by atoms with Crippen LogP contribution >= 0.6 is 0 Å². The first-order valence-electron chi connectivity index (χ1n) is 4.43. The van der Waals surface area contributed by atoms with Crippen LogP contribution < -0.4 is 11.1 Å². The van der Waals surface area contributed by atoms with Crippen molar-refractivity contribution in [3.05, 3.63) is 0 Å². The fraction of sp³-hybridized carbons (Fsp3) is 0.875. The Bertz CT molecular complexity index is 172. The lowest BCUT2D eigenvalue weighted by Gasteiger charge is -2.36. The molecule has 3 N–H and O–H groups in total. The molecule has 0 aromatic heterocycles. The molecule has 2 unspecified atom stereocenters. The molecule has 0 radical (unpaired) electrons. The molecule has 12 heavy (non-hydrogen) atoms. The molecule has 4 heteroatoms. The van der Waals surface area contributed by atoms with E-state index in [1.54, 1.807) is 0 Å². The molecule has 2 atom stereocenters. The lowest BCUT2D eigenvalue weighted by molar-refractivity contribution is -0.129. The highest BCUT2D eigenvalue weighted by molar-refractivity contribution is 5.83. The second-order valence-corrected chi connectivity index (χ2v) is 3.25. The number of nitrogens with two attached hydrogens (primary N) is 1. The second-order valence-electron chi connectivity index (χ2n) is 3.25. The average molecular weight is 171 g/mol. The molecule has 4 nitrogen and oxygen atoms in total. The molecule has 0 aliphatic carbocycles. The number of nitrogens with zero attached hydrogens (tertiary/aromatic N) is 1. The average Bonchev–Trinajstić information content (AvgIpc) is 2.03. The molecular formula is C8H17N3O. The molecule has 1 heterocycles. The molecule has 0 saturated carbocycles. The van der Waals surface area contributed by atoms with Crippen molar-refractivity contribution in [1.29, 1.82) is 0 Å². The van der Waals surface area contributed by atoms with Crippen molar-refractivity contribution in [3.8, 4) is 0 Å². The summed E-state index contributed by atoms with van der Waals surface area (Å²) in [7, 11) is 0. The Kier molecular flexibility index (Phi) is 3.05. The lowest BCUT2D eigenvalue weighted by atomic mass is 10.1. The minimum Gasteiger partial charge on any atom is -0.351 e. The van der Waals surface area contributed by atoms with Gasteiger partial charge in [-0.1, -0.05) is 6.92 Å². The zero-order valence-electron chi connectivity index (χ0n) is 7.71. The quantitative estimate of drug-likeness (QED) is 0.569. The van der Waals surface area contributed by atoms with Crippen molar-refractivity contribution in [2.45, 2.75) is 25.9 Å². The summed E-state index contributed by atoms with van der Waals surface area (Å²) in [6.45, 7) is 6.26. The van der Waals surface area contributed by atoms with Crippen molar-refractivity contribution in [2.24, 2.45) is 5.73 Å². The van der Waals surface area contributed by atoms with Gasteiger partial charge in [-0.25, -0.2) is 0 Å². The summed E-state index contributed by atoms with van der Waals surface area (Å²) in [5, 5.41) is 2.88. The predicted molar refractivity (Wildman–Crippen MR) is 47.7 cm³/mol. The Balaban J connectivity index is 2.63. The zero-order chi connectivity index (χ0) is 9.14. The predicted octanol–water partition coefficient (Wildman–Crippen LogP) is -0.846. The smallest absolute Gasteiger partial charge is 0.238 e. The summed E-state index contributed by atoms with van der Waals surface area (Å²) in [4.78, 5) is 13.5. The van der Waals surface area contributed by atoms with Crippen molar-refractivity contribution < 1.29 is 4.79 Å². The SMILES string of the molecule is CCN1CC(C)NC(=O)C1CN. The molecule has 1 rings (SSSR count). The van der Waals surface area contributed by atoms with E-state index in [-0.39, 0.29) is 18.0 Å². The molecule has 0 spiro atoms. The minimum absolute atomic E-state index is 0.0677. The molecule has 70 valence electrons. The Labute approximate surface area is 73.1 Å². The van der Waals surface area contributed by atoms with Gasteiger partial charge in [0.25, 0.3) is 0 Å². The van der Waals surface area contributed by atoms with Crippen LogP contribution in [0, 0.1) is 0 Å². The van der Waals surface area contributed by atoms with Crippen LogP contribution in [0.5, 0.6) is 0 Å². The maximum atomic E-state index is 11.4. The summed E-state index contributed by atoms with van der Waals surface area (Å²) in [5.74, 6) is 0.0677. The van der Waals surface area contributed by atoms with Crippen LogP contribution in [0.2, 0.25) is 0 Å². The van der Waals surface area contributed by atoms with Gasteiger partial charge < -0.3 is 11.1 Å². The molecule has 0 aromatic carbocycles. The first-order valence-corrected chi connectivity index (χ1v) is 4.43. The Morgan fingerprint density at radius 2 is 2.42 bits per heavy atom. The third-order valence-electron chi connectivity index (χ3n) is 2.27. The van der Waals surface area contributed by atoms with Gasteiger partial charge in [0.1, 0.15) is 6.04 Å². The van der Waals surface area contributed by atoms with E-state index in [4.69, 9.17) is 5.73 Å². The highest BCUT2D eigenvalue weighted by Gasteiger charge is 2.30. The standard InChI is InChI=1S/C8H17N3O/c1-3-11-5-6(2)10-8(12)7(11)4-9/h6-7H,3-5,9H2,1-2H3,(H,10,12). The zero-order valence-corrected chi connectivity index (χ0v) is 7.71. The summed E-state index contributed by atoms with van der Waals surface area (Å²) < 4.78 is 0. The minimum atomic E-state index is -0.119. The van der Waals surface area contributed by atoms with Gasteiger partial charge in [-0.05, 0) is 13.5 Å². The topological polar surface area (TPSA) is 58.4 Å². The summed E-state index contributed by atoms with van der Waals surface area (Å²) >= 11 is 0. The van der Waals surface area contributed by atoms with Gasteiger partial charge >= 0.3 is 0 Å². The summed E-state index contributed by atoms with van der Waals surface area (Å²) in [5.41, 5.74) is 5.50. The number of likely N-dealkylation sites (N-methyl/N-ethyl adjacent to an activating group) is 1. The first kappa shape index (κ1) is 9.48. The fourth-order valence-corrected chi connectivity index (χ4v) is 1.64. The number of carbonyl (C=O) groups is 1. The van der Waals surface area contributed by atoms with Crippen LogP contribution in [-0.2, 0) is 4.79 Å². The van der Waals surface area contributed by atoms with Crippen molar-refractivity contribution >= 4 is 5.91 Å². The second kappa shape index (κ2) is 3.87. The number of rotatable bonds is 2. The summed E-state index contributed by atoms with van der Waals surface area (Å²) in [6.07, 6.45) is 0. The van der Waals surface area contributed by atoms with E-state index in [0.717, 1.165) is 13.1 Å². The summed E-state index contributed by atoms with van der Waals surface area (Å²) in [6, 6.07) is 0.131. The van der Waals surface area contributed by atoms with Crippen LogP contribution in [0.25, 0.3) is 0 Å². The van der Waals surface area contributed by atoms with Gasteiger partial charge in [-0.3, -0.25) is 9.69 Å². The number of nitrogens with one attached hydrogen (secondary N) is 1. The molecule has 1 aliphatic rings. The number of amides is 1. The van der Waals surface area contributed by atoms with E-state index in [1.807, 2.05) is 13.8 Å².